The number of methoxy groups -OCH3 is 1. The van der Waals surface area contributed by atoms with Crippen LogP contribution < -0.4 is 4.74 Å². The van der Waals surface area contributed by atoms with Crippen molar-refractivity contribution in [3.05, 3.63) is 45.8 Å². The summed E-state index contributed by atoms with van der Waals surface area (Å²) in [5.41, 5.74) is 4.23. The Morgan fingerprint density at radius 3 is 2.60 bits per heavy atom. The number of aromatic nitrogens is 1. The normalized spacial score (nSPS) is 11.6. The number of benzene rings is 2. The molecule has 0 amide bonds. The summed E-state index contributed by atoms with van der Waals surface area (Å²) >= 11 is 3.68. The van der Waals surface area contributed by atoms with Gasteiger partial charge < -0.3 is 9.15 Å². The number of hydrogen-bond acceptors (Lipinski definition) is 4. The summed E-state index contributed by atoms with van der Waals surface area (Å²) in [5, 5.41) is 9.72. The smallest absolute Gasteiger partial charge is 0.200 e. The first kappa shape index (κ1) is 17.5. The molecule has 0 fully saturated rings. The largest absolute Gasteiger partial charge is 0.497 e. The molecule has 0 bridgehead atoms. The molecule has 0 unspecified atom stereocenters. The van der Waals surface area contributed by atoms with Gasteiger partial charge in [-0.25, -0.2) is 4.98 Å². The number of nitrogens with zero attached hydrogens (tertiary/aromatic N) is 2. The van der Waals surface area contributed by atoms with Crippen LogP contribution in [0.15, 0.2) is 33.2 Å². The molecule has 2 aromatic carbocycles. The van der Waals surface area contributed by atoms with Crippen LogP contribution in [0.5, 0.6) is 5.75 Å². The maximum Gasteiger partial charge on any atom is 0.200 e. The van der Waals surface area contributed by atoms with Gasteiger partial charge in [0, 0.05) is 11.0 Å². The van der Waals surface area contributed by atoms with E-state index in [1.165, 1.54) is 0 Å². The van der Waals surface area contributed by atoms with E-state index in [0.29, 0.717) is 22.6 Å². The maximum atomic E-state index is 9.72. The Labute approximate surface area is 155 Å². The van der Waals surface area contributed by atoms with E-state index >= 15 is 0 Å². The van der Waals surface area contributed by atoms with Gasteiger partial charge in [0.05, 0.1) is 17.1 Å². The lowest BCUT2D eigenvalue weighted by atomic mass is 9.95. The van der Waals surface area contributed by atoms with Gasteiger partial charge in [0.2, 0.25) is 5.89 Å². The average molecular weight is 399 g/mol. The van der Waals surface area contributed by atoms with E-state index in [1.807, 2.05) is 52.0 Å². The van der Waals surface area contributed by atoms with Gasteiger partial charge in [-0.1, -0.05) is 32.9 Å². The van der Waals surface area contributed by atoms with E-state index in [9.17, 15) is 5.26 Å². The van der Waals surface area contributed by atoms with E-state index in [0.717, 1.165) is 26.9 Å². The lowest BCUT2D eigenvalue weighted by Crippen LogP contribution is -2.11. The number of halogens is 1. The van der Waals surface area contributed by atoms with Crippen LogP contribution in [0.4, 0.5) is 0 Å². The van der Waals surface area contributed by atoms with Crippen molar-refractivity contribution in [2.24, 2.45) is 0 Å². The van der Waals surface area contributed by atoms with Gasteiger partial charge in [0.1, 0.15) is 17.3 Å². The minimum Gasteiger partial charge on any atom is -0.497 e. The second-order valence-corrected chi connectivity index (χ2v) is 7.77. The first-order valence-corrected chi connectivity index (χ1v) is 8.74. The summed E-state index contributed by atoms with van der Waals surface area (Å²) in [6, 6.07) is 10.0. The van der Waals surface area contributed by atoms with Crippen molar-refractivity contribution in [1.82, 2.24) is 4.98 Å². The average Bonchev–Trinajstić information content (AvgIpc) is 3.01. The number of hydrogen-bond donors (Lipinski definition) is 0. The van der Waals surface area contributed by atoms with Crippen LogP contribution in [0.3, 0.4) is 0 Å². The van der Waals surface area contributed by atoms with E-state index in [4.69, 9.17) is 9.15 Å². The van der Waals surface area contributed by atoms with Crippen LogP contribution in [0.25, 0.3) is 22.2 Å². The fraction of sp³-hybridized carbons (Fsp3) is 0.300. The third kappa shape index (κ3) is 2.91. The highest BCUT2D eigenvalue weighted by Gasteiger charge is 2.26. The first-order chi connectivity index (χ1) is 11.8. The molecule has 0 aliphatic rings. The highest BCUT2D eigenvalue weighted by Crippen LogP contribution is 2.42. The number of nitriles is 1. The summed E-state index contributed by atoms with van der Waals surface area (Å²) < 4.78 is 12.2. The zero-order valence-corrected chi connectivity index (χ0v) is 16.5. The molecule has 0 aliphatic heterocycles. The minimum absolute atomic E-state index is 0.241. The number of fused-ring (bicyclic) bond motifs is 1. The van der Waals surface area contributed by atoms with Gasteiger partial charge in [-0.15, -0.1) is 0 Å². The maximum absolute atomic E-state index is 9.72. The number of oxazole rings is 1. The number of rotatable bonds is 2. The molecule has 0 radical (unpaired) electrons. The highest BCUT2D eigenvalue weighted by atomic mass is 79.9. The third-order valence-corrected chi connectivity index (χ3v) is 4.90. The summed E-state index contributed by atoms with van der Waals surface area (Å²) in [6.45, 7) is 8.04. The Bertz CT molecular complexity index is 1010. The Hall–Kier alpha value is -2.32. The summed E-state index contributed by atoms with van der Waals surface area (Å²) in [5.74, 6) is 1.37. The second-order valence-electron chi connectivity index (χ2n) is 6.98. The molecule has 0 spiro atoms. The predicted molar refractivity (Wildman–Crippen MR) is 102 cm³/mol. The van der Waals surface area contributed by atoms with Gasteiger partial charge in [0.25, 0.3) is 0 Å². The fourth-order valence-electron chi connectivity index (χ4n) is 2.80. The van der Waals surface area contributed by atoms with Crippen LogP contribution in [-0.4, -0.2) is 12.1 Å². The molecule has 25 heavy (non-hydrogen) atoms. The molecular formula is C20H19BrN2O2. The second kappa shape index (κ2) is 6.20. The molecule has 0 N–H and O–H groups in total. The molecule has 0 aliphatic carbocycles. The van der Waals surface area contributed by atoms with Crippen LogP contribution in [0.2, 0.25) is 0 Å². The van der Waals surface area contributed by atoms with Crippen molar-refractivity contribution >= 4 is 27.0 Å². The molecule has 3 aromatic rings. The minimum atomic E-state index is -0.241. The van der Waals surface area contributed by atoms with E-state index in [2.05, 4.69) is 27.0 Å². The quantitative estimate of drug-likeness (QED) is 0.551. The first-order valence-electron chi connectivity index (χ1n) is 7.95. The Balaban J connectivity index is 2.39. The summed E-state index contributed by atoms with van der Waals surface area (Å²) in [7, 11) is 1.64. The molecule has 3 rings (SSSR count). The SMILES string of the molecule is COc1cccc(-c2c(C)c(C#N)c3nc(C(C)(C)C)oc3c2Br)c1. The fourth-order valence-corrected chi connectivity index (χ4v) is 3.59. The standard InChI is InChI=1S/C20H19BrN2O2/c1-11-14(10-22)17-18(25-19(23-17)20(2,3)4)16(21)15(11)12-7-6-8-13(9-12)24-5/h6-9H,1-5H3. The monoisotopic (exact) mass is 398 g/mol. The topological polar surface area (TPSA) is 59.0 Å². The molecule has 1 aromatic heterocycles. The van der Waals surface area contributed by atoms with E-state index in [1.54, 1.807) is 7.11 Å². The number of ether oxygens (including phenoxy) is 1. The molecule has 1 heterocycles. The highest BCUT2D eigenvalue weighted by molar-refractivity contribution is 9.10. The Kier molecular flexibility index (Phi) is 4.34. The van der Waals surface area contributed by atoms with Crippen molar-refractivity contribution in [3.8, 4) is 22.9 Å². The Morgan fingerprint density at radius 2 is 2.00 bits per heavy atom. The summed E-state index contributed by atoms with van der Waals surface area (Å²) in [4.78, 5) is 4.60. The van der Waals surface area contributed by atoms with Crippen LogP contribution >= 0.6 is 15.9 Å². The van der Waals surface area contributed by atoms with Crippen LogP contribution in [0.1, 0.15) is 37.8 Å². The zero-order valence-electron chi connectivity index (χ0n) is 14.9. The van der Waals surface area contributed by atoms with Gasteiger partial charge in [0.15, 0.2) is 5.58 Å². The van der Waals surface area contributed by atoms with Crippen molar-refractivity contribution < 1.29 is 9.15 Å². The summed E-state index contributed by atoms with van der Waals surface area (Å²) in [6.07, 6.45) is 0. The molecule has 0 saturated carbocycles. The van der Waals surface area contributed by atoms with Gasteiger partial charge in [-0.05, 0) is 46.1 Å². The molecule has 0 atom stereocenters. The molecule has 0 saturated heterocycles. The Morgan fingerprint density at radius 1 is 1.28 bits per heavy atom. The third-order valence-electron chi connectivity index (χ3n) is 4.14. The van der Waals surface area contributed by atoms with Gasteiger partial charge in [-0.3, -0.25) is 0 Å². The van der Waals surface area contributed by atoms with E-state index < -0.39 is 0 Å². The predicted octanol–water partition coefficient (Wildman–Crippen LogP) is 5.74. The van der Waals surface area contributed by atoms with Gasteiger partial charge in [-0.2, -0.15) is 5.26 Å². The van der Waals surface area contributed by atoms with Crippen molar-refractivity contribution in [1.29, 1.82) is 5.26 Å². The molecule has 4 nitrogen and oxygen atoms in total. The molecular weight excluding hydrogens is 380 g/mol. The zero-order chi connectivity index (χ0) is 18.4. The van der Waals surface area contributed by atoms with Crippen LogP contribution in [0, 0.1) is 18.3 Å². The van der Waals surface area contributed by atoms with Crippen LogP contribution in [-0.2, 0) is 5.41 Å². The lowest BCUT2D eigenvalue weighted by Gasteiger charge is -2.12. The lowest BCUT2D eigenvalue weighted by molar-refractivity contribution is 0.410. The van der Waals surface area contributed by atoms with E-state index in [-0.39, 0.29) is 5.41 Å². The van der Waals surface area contributed by atoms with Gasteiger partial charge >= 0.3 is 0 Å². The van der Waals surface area contributed by atoms with Crippen molar-refractivity contribution in [3.63, 3.8) is 0 Å². The van der Waals surface area contributed by atoms with Crippen molar-refractivity contribution in [2.75, 3.05) is 7.11 Å². The molecule has 128 valence electrons. The van der Waals surface area contributed by atoms with Crippen molar-refractivity contribution in [2.45, 2.75) is 33.1 Å². The molecule has 5 heteroatoms.